The van der Waals surface area contributed by atoms with Crippen molar-refractivity contribution in [3.05, 3.63) is 16.0 Å². The summed E-state index contributed by atoms with van der Waals surface area (Å²) in [5, 5.41) is 3.39. The number of halogens is 1. The minimum atomic E-state index is -0.456. The fourth-order valence-corrected chi connectivity index (χ4v) is 4.49. The van der Waals surface area contributed by atoms with Gasteiger partial charge in [0.1, 0.15) is 5.00 Å². The molecular weight excluding hydrogens is 308 g/mol. The molecule has 1 aromatic heterocycles. The predicted molar refractivity (Wildman–Crippen MR) is 87.2 cm³/mol. The number of amides is 2. The van der Waals surface area contributed by atoms with E-state index >= 15 is 0 Å². The summed E-state index contributed by atoms with van der Waals surface area (Å²) < 4.78 is 0. The van der Waals surface area contributed by atoms with Gasteiger partial charge in [0.2, 0.25) is 5.91 Å². The highest BCUT2D eigenvalue weighted by Gasteiger charge is 2.28. The fraction of sp³-hybridized carbons (Fsp3) is 0.600. The maximum atomic E-state index is 11.8. The largest absolute Gasteiger partial charge is 0.365 e. The Labute approximate surface area is 134 Å². The third kappa shape index (κ3) is 3.77. The summed E-state index contributed by atoms with van der Waals surface area (Å²) in [6.45, 7) is 2.19. The standard InChI is InChI=1S/C15H21ClN2O2S/c1-2-3-9-4-5-10-11(8-9)21-15(13(10)14(17)20)18-12(19)6-7-16/h9H,2-8H2,1H3,(H2,17,20)(H,18,19)/t9-/m0/s1. The zero-order valence-corrected chi connectivity index (χ0v) is 13.8. The quantitative estimate of drug-likeness (QED) is 0.786. The van der Waals surface area contributed by atoms with Gasteiger partial charge >= 0.3 is 0 Å². The molecule has 0 radical (unpaired) electrons. The predicted octanol–water partition coefficient (Wildman–Crippen LogP) is 3.32. The van der Waals surface area contributed by atoms with Crippen LogP contribution in [0, 0.1) is 5.92 Å². The van der Waals surface area contributed by atoms with Crippen LogP contribution in [0.1, 0.15) is 53.4 Å². The SMILES string of the molecule is CCC[C@H]1CCc2c(sc(NC(=O)CCCl)c2C(N)=O)C1. The van der Waals surface area contributed by atoms with Gasteiger partial charge in [-0.05, 0) is 30.7 Å². The highest BCUT2D eigenvalue weighted by Crippen LogP contribution is 2.40. The van der Waals surface area contributed by atoms with Crippen LogP contribution in [0.5, 0.6) is 0 Å². The van der Waals surface area contributed by atoms with Crippen LogP contribution in [0.15, 0.2) is 0 Å². The Balaban J connectivity index is 2.26. The molecule has 4 nitrogen and oxygen atoms in total. The Morgan fingerprint density at radius 1 is 1.48 bits per heavy atom. The number of rotatable bonds is 6. The van der Waals surface area contributed by atoms with Crippen molar-refractivity contribution < 1.29 is 9.59 Å². The van der Waals surface area contributed by atoms with Crippen molar-refractivity contribution >= 4 is 39.8 Å². The Bertz CT molecular complexity index is 542. The van der Waals surface area contributed by atoms with Crippen molar-refractivity contribution in [2.75, 3.05) is 11.2 Å². The van der Waals surface area contributed by atoms with Crippen LogP contribution in [0.2, 0.25) is 0 Å². The third-order valence-electron chi connectivity index (χ3n) is 3.89. The summed E-state index contributed by atoms with van der Waals surface area (Å²) in [6, 6.07) is 0. The van der Waals surface area contributed by atoms with Crippen molar-refractivity contribution in [1.29, 1.82) is 0 Å². The van der Waals surface area contributed by atoms with E-state index in [1.54, 1.807) is 0 Å². The molecular formula is C15H21ClN2O2S. The highest BCUT2D eigenvalue weighted by molar-refractivity contribution is 7.17. The molecule has 1 aromatic rings. The Morgan fingerprint density at radius 3 is 2.86 bits per heavy atom. The molecule has 2 amide bonds. The van der Waals surface area contributed by atoms with Gasteiger partial charge in [-0.15, -0.1) is 22.9 Å². The van der Waals surface area contributed by atoms with Crippen LogP contribution in [-0.4, -0.2) is 17.7 Å². The first-order valence-corrected chi connectivity index (χ1v) is 8.72. The first-order chi connectivity index (χ1) is 10.1. The molecule has 0 saturated heterocycles. The molecule has 3 N–H and O–H groups in total. The zero-order chi connectivity index (χ0) is 15.4. The van der Waals surface area contributed by atoms with Gasteiger partial charge < -0.3 is 11.1 Å². The summed E-state index contributed by atoms with van der Waals surface area (Å²) in [5.74, 6) is 0.314. The zero-order valence-electron chi connectivity index (χ0n) is 12.2. The maximum absolute atomic E-state index is 11.8. The Hall–Kier alpha value is -1.07. The maximum Gasteiger partial charge on any atom is 0.251 e. The number of hydrogen-bond acceptors (Lipinski definition) is 3. The van der Waals surface area contributed by atoms with E-state index in [0.29, 0.717) is 16.5 Å². The van der Waals surface area contributed by atoms with E-state index in [4.69, 9.17) is 17.3 Å². The molecule has 0 bridgehead atoms. The molecule has 0 saturated carbocycles. The van der Waals surface area contributed by atoms with E-state index in [9.17, 15) is 9.59 Å². The van der Waals surface area contributed by atoms with Gasteiger partial charge in [-0.1, -0.05) is 19.8 Å². The smallest absolute Gasteiger partial charge is 0.251 e. The second kappa shape index (κ2) is 7.27. The minimum Gasteiger partial charge on any atom is -0.365 e. The van der Waals surface area contributed by atoms with Crippen molar-refractivity contribution in [3.8, 4) is 0 Å². The lowest BCUT2D eigenvalue weighted by Crippen LogP contribution is -2.20. The molecule has 6 heteroatoms. The van der Waals surface area contributed by atoms with E-state index in [1.165, 1.54) is 29.1 Å². The third-order valence-corrected chi connectivity index (χ3v) is 5.24. The summed E-state index contributed by atoms with van der Waals surface area (Å²) in [5.41, 5.74) is 7.07. The molecule has 0 fully saturated rings. The second-order valence-corrected chi connectivity index (χ2v) is 6.94. The van der Waals surface area contributed by atoms with E-state index in [0.717, 1.165) is 24.8 Å². The van der Waals surface area contributed by atoms with Crippen molar-refractivity contribution in [3.63, 3.8) is 0 Å². The topological polar surface area (TPSA) is 72.2 Å². The Kier molecular flexibility index (Phi) is 5.65. The Morgan fingerprint density at radius 2 is 2.24 bits per heavy atom. The molecule has 1 heterocycles. The number of nitrogens with one attached hydrogen (secondary N) is 1. The summed E-state index contributed by atoms with van der Waals surface area (Å²) >= 11 is 7.07. The number of nitrogens with two attached hydrogens (primary N) is 1. The lowest BCUT2D eigenvalue weighted by atomic mass is 9.84. The van der Waals surface area contributed by atoms with Crippen LogP contribution in [-0.2, 0) is 17.6 Å². The number of carbonyl (C=O) groups excluding carboxylic acids is 2. The molecule has 2 rings (SSSR count). The van der Waals surface area contributed by atoms with E-state index in [2.05, 4.69) is 12.2 Å². The molecule has 0 aromatic carbocycles. The van der Waals surface area contributed by atoms with Gasteiger partial charge in [-0.2, -0.15) is 0 Å². The molecule has 21 heavy (non-hydrogen) atoms. The normalized spacial score (nSPS) is 17.3. The number of fused-ring (bicyclic) bond motifs is 1. The van der Waals surface area contributed by atoms with Gasteiger partial charge in [0.05, 0.1) is 5.56 Å². The molecule has 0 spiro atoms. The highest BCUT2D eigenvalue weighted by atomic mass is 35.5. The summed E-state index contributed by atoms with van der Waals surface area (Å²) in [4.78, 5) is 24.7. The van der Waals surface area contributed by atoms with E-state index in [-0.39, 0.29) is 18.2 Å². The van der Waals surface area contributed by atoms with Crippen LogP contribution in [0.4, 0.5) is 5.00 Å². The van der Waals surface area contributed by atoms with Crippen molar-refractivity contribution in [2.45, 2.75) is 45.4 Å². The van der Waals surface area contributed by atoms with Crippen LogP contribution in [0.3, 0.4) is 0 Å². The van der Waals surface area contributed by atoms with Crippen LogP contribution >= 0.6 is 22.9 Å². The number of alkyl halides is 1. The first kappa shape index (κ1) is 16.3. The number of hydrogen-bond donors (Lipinski definition) is 2. The molecule has 0 aliphatic heterocycles. The number of carbonyl (C=O) groups is 2. The van der Waals surface area contributed by atoms with Gasteiger partial charge in [0.15, 0.2) is 0 Å². The average Bonchev–Trinajstić information content (AvgIpc) is 2.76. The second-order valence-electron chi connectivity index (χ2n) is 5.46. The van der Waals surface area contributed by atoms with Gasteiger partial charge in [0.25, 0.3) is 5.91 Å². The monoisotopic (exact) mass is 328 g/mol. The number of anilines is 1. The molecule has 1 aliphatic rings. The van der Waals surface area contributed by atoms with E-state index < -0.39 is 5.91 Å². The van der Waals surface area contributed by atoms with Gasteiger partial charge in [-0.25, -0.2) is 0 Å². The molecule has 1 atom stereocenters. The summed E-state index contributed by atoms with van der Waals surface area (Å²) in [6.07, 6.45) is 5.57. The van der Waals surface area contributed by atoms with Crippen molar-refractivity contribution in [2.24, 2.45) is 11.7 Å². The average molecular weight is 329 g/mol. The molecule has 0 unspecified atom stereocenters. The number of thiophene rings is 1. The van der Waals surface area contributed by atoms with Crippen molar-refractivity contribution in [1.82, 2.24) is 0 Å². The fourth-order valence-electron chi connectivity index (χ4n) is 2.93. The van der Waals surface area contributed by atoms with Crippen LogP contribution < -0.4 is 11.1 Å². The molecule has 1 aliphatic carbocycles. The van der Waals surface area contributed by atoms with Gasteiger partial charge in [-0.3, -0.25) is 9.59 Å². The first-order valence-electron chi connectivity index (χ1n) is 7.36. The summed E-state index contributed by atoms with van der Waals surface area (Å²) in [7, 11) is 0. The lowest BCUT2D eigenvalue weighted by molar-refractivity contribution is -0.115. The minimum absolute atomic E-state index is 0.170. The van der Waals surface area contributed by atoms with Crippen LogP contribution in [0.25, 0.3) is 0 Å². The van der Waals surface area contributed by atoms with Gasteiger partial charge in [0, 0.05) is 17.2 Å². The molecule has 116 valence electrons. The lowest BCUT2D eigenvalue weighted by Gasteiger charge is -2.21. The van der Waals surface area contributed by atoms with E-state index in [1.807, 2.05) is 0 Å². The number of primary amides is 1.